The van der Waals surface area contributed by atoms with Crippen LogP contribution < -0.4 is 5.06 Å². The highest BCUT2D eigenvalue weighted by Gasteiger charge is 2.25. The number of piperidine rings is 1. The predicted octanol–water partition coefficient (Wildman–Crippen LogP) is 0.189. The minimum absolute atomic E-state index is 0.301. The lowest BCUT2D eigenvalue weighted by molar-refractivity contribution is -0.861. The molecule has 2 nitrogen and oxygen atoms in total. The highest BCUT2D eigenvalue weighted by molar-refractivity contribution is 4.69. The number of quaternary nitrogens is 1. The summed E-state index contributed by atoms with van der Waals surface area (Å²) in [5.41, 5.74) is 0.301. The third-order valence-corrected chi connectivity index (χ3v) is 1.98. The zero-order chi connectivity index (χ0) is 6.91. The molecule has 1 atom stereocenters. The first-order valence-corrected chi connectivity index (χ1v) is 3.62. The fourth-order valence-corrected chi connectivity index (χ4v) is 1.47. The highest BCUT2D eigenvalue weighted by Crippen LogP contribution is 2.21. The summed E-state index contributed by atoms with van der Waals surface area (Å²) in [6, 6.07) is 0. The van der Waals surface area contributed by atoms with Crippen LogP contribution in [-0.4, -0.2) is 13.1 Å². The molecule has 0 amide bonds. The minimum atomic E-state index is 0.301. The normalized spacial score (nSPS) is 34.3. The molecule has 1 N–H and O–H groups in total. The number of hydrogen-bond donors (Lipinski definition) is 1. The van der Waals surface area contributed by atoms with Crippen molar-refractivity contribution in [3.8, 4) is 0 Å². The summed E-state index contributed by atoms with van der Waals surface area (Å²) in [7, 11) is 0. The predicted molar refractivity (Wildman–Crippen MR) is 37.1 cm³/mol. The van der Waals surface area contributed by atoms with E-state index in [0.717, 1.165) is 19.5 Å². The summed E-state index contributed by atoms with van der Waals surface area (Å²) in [6.07, 6.45) is 2.32. The van der Waals surface area contributed by atoms with Gasteiger partial charge < -0.3 is 10.3 Å². The third kappa shape index (κ3) is 1.95. The lowest BCUT2D eigenvalue weighted by Gasteiger charge is -2.37. The second-order valence-electron chi connectivity index (χ2n) is 3.73. The quantitative estimate of drug-likeness (QED) is 0.464. The van der Waals surface area contributed by atoms with Gasteiger partial charge in [0.25, 0.3) is 0 Å². The summed E-state index contributed by atoms with van der Waals surface area (Å²) < 4.78 is 0. The van der Waals surface area contributed by atoms with Crippen LogP contribution in [0.15, 0.2) is 0 Å². The van der Waals surface area contributed by atoms with Gasteiger partial charge in [-0.1, -0.05) is 13.8 Å². The van der Waals surface area contributed by atoms with Crippen LogP contribution in [-0.2, 0) is 0 Å². The van der Waals surface area contributed by atoms with Gasteiger partial charge in [-0.15, -0.1) is 0 Å². The van der Waals surface area contributed by atoms with Gasteiger partial charge in [-0.2, -0.15) is 0 Å². The van der Waals surface area contributed by atoms with Crippen LogP contribution in [0.3, 0.4) is 0 Å². The Morgan fingerprint density at radius 1 is 1.44 bits per heavy atom. The van der Waals surface area contributed by atoms with Crippen molar-refractivity contribution >= 4 is 0 Å². The van der Waals surface area contributed by atoms with Gasteiger partial charge in [0.05, 0.1) is 13.1 Å². The summed E-state index contributed by atoms with van der Waals surface area (Å²) >= 11 is 0. The van der Waals surface area contributed by atoms with Gasteiger partial charge >= 0.3 is 0 Å². The van der Waals surface area contributed by atoms with Crippen molar-refractivity contribution < 1.29 is 5.06 Å². The second-order valence-corrected chi connectivity index (χ2v) is 3.73. The van der Waals surface area contributed by atoms with Crippen molar-refractivity contribution in [2.75, 3.05) is 13.1 Å². The van der Waals surface area contributed by atoms with Crippen molar-refractivity contribution in [3.63, 3.8) is 0 Å². The van der Waals surface area contributed by atoms with E-state index in [0.29, 0.717) is 10.5 Å². The van der Waals surface area contributed by atoms with Crippen LogP contribution in [0, 0.1) is 10.6 Å². The molecule has 1 rings (SSSR count). The Morgan fingerprint density at radius 3 is 2.44 bits per heavy atom. The lowest BCUT2D eigenvalue weighted by atomic mass is 9.85. The maximum Gasteiger partial charge on any atom is 0.0819 e. The lowest BCUT2D eigenvalue weighted by Crippen LogP contribution is -3.09. The van der Waals surface area contributed by atoms with Crippen LogP contribution >= 0.6 is 0 Å². The molecule has 0 aliphatic carbocycles. The van der Waals surface area contributed by atoms with Crippen LogP contribution in [0.2, 0.25) is 0 Å². The molecule has 0 bridgehead atoms. The van der Waals surface area contributed by atoms with Gasteiger partial charge in [0.15, 0.2) is 0 Å². The number of hydrogen-bond acceptors (Lipinski definition) is 1. The molecular formula is C7H15NO. The number of nitrogens with one attached hydrogen (secondary N) is 1. The van der Waals surface area contributed by atoms with E-state index in [4.69, 9.17) is 0 Å². The first-order chi connectivity index (χ1) is 4.10. The van der Waals surface area contributed by atoms with E-state index in [1.807, 2.05) is 0 Å². The third-order valence-electron chi connectivity index (χ3n) is 1.98. The minimum Gasteiger partial charge on any atom is -0.634 e. The van der Waals surface area contributed by atoms with Gasteiger partial charge in [0.1, 0.15) is 0 Å². The average Bonchev–Trinajstić information content (AvgIpc) is 1.60. The Bertz CT molecular complexity index is 101. The molecule has 0 aromatic rings. The first kappa shape index (κ1) is 7.03. The number of rotatable bonds is 0. The Morgan fingerprint density at radius 2 is 2.11 bits per heavy atom. The van der Waals surface area contributed by atoms with Gasteiger partial charge in [-0.3, -0.25) is 0 Å². The molecule has 1 fully saturated rings. The molecule has 1 unspecified atom stereocenters. The molecule has 1 aliphatic heterocycles. The molecule has 54 valence electrons. The summed E-state index contributed by atoms with van der Waals surface area (Å²) in [6.45, 7) is 5.96. The molecule has 0 radical (unpaired) electrons. The van der Waals surface area contributed by atoms with Crippen LogP contribution in [0.25, 0.3) is 0 Å². The maximum atomic E-state index is 10.9. The Kier molecular flexibility index (Phi) is 1.78. The molecule has 2 heteroatoms. The Labute approximate surface area is 56.4 Å². The van der Waals surface area contributed by atoms with Crippen molar-refractivity contribution in [1.82, 2.24) is 0 Å². The van der Waals surface area contributed by atoms with Crippen LogP contribution in [0.5, 0.6) is 0 Å². The zero-order valence-corrected chi connectivity index (χ0v) is 6.24. The van der Waals surface area contributed by atoms with Crippen LogP contribution in [0.1, 0.15) is 26.7 Å². The van der Waals surface area contributed by atoms with E-state index in [2.05, 4.69) is 13.8 Å². The molecular weight excluding hydrogens is 114 g/mol. The van der Waals surface area contributed by atoms with E-state index >= 15 is 0 Å². The molecule has 0 saturated carbocycles. The van der Waals surface area contributed by atoms with Gasteiger partial charge in [-0.05, 0) is 12.8 Å². The Balaban J connectivity index is 2.41. The van der Waals surface area contributed by atoms with Crippen molar-refractivity contribution in [2.45, 2.75) is 26.7 Å². The summed E-state index contributed by atoms with van der Waals surface area (Å²) in [5, 5.41) is 11.3. The Hall–Kier alpha value is -0.0800. The molecule has 0 aromatic carbocycles. The first-order valence-electron chi connectivity index (χ1n) is 3.62. The number of hydroxylamine groups is 2. The van der Waals surface area contributed by atoms with Crippen molar-refractivity contribution in [2.24, 2.45) is 5.41 Å². The van der Waals surface area contributed by atoms with Gasteiger partial charge in [0.2, 0.25) is 0 Å². The molecule has 1 saturated heterocycles. The molecule has 1 aliphatic rings. The monoisotopic (exact) mass is 129 g/mol. The fraction of sp³-hybridized carbons (Fsp3) is 1.00. The fourth-order valence-electron chi connectivity index (χ4n) is 1.47. The largest absolute Gasteiger partial charge is 0.634 e. The molecule has 9 heavy (non-hydrogen) atoms. The van der Waals surface area contributed by atoms with Crippen molar-refractivity contribution in [3.05, 3.63) is 5.21 Å². The highest BCUT2D eigenvalue weighted by atomic mass is 16.5. The second kappa shape index (κ2) is 2.27. The molecule has 0 spiro atoms. The smallest absolute Gasteiger partial charge is 0.0819 e. The SMILES string of the molecule is CC1(C)CCC[NH+]([O-])C1. The molecule has 0 aromatic heterocycles. The topological polar surface area (TPSA) is 27.5 Å². The summed E-state index contributed by atoms with van der Waals surface area (Å²) in [4.78, 5) is 0. The maximum absolute atomic E-state index is 10.9. The molecule has 1 heterocycles. The standard InChI is InChI=1S/C7H15NO/c1-7(2)4-3-5-8(9)6-7/h8H,3-6H2,1-2H3. The van der Waals surface area contributed by atoms with Crippen LogP contribution in [0.4, 0.5) is 0 Å². The zero-order valence-electron chi connectivity index (χ0n) is 6.24. The van der Waals surface area contributed by atoms with Crippen molar-refractivity contribution in [1.29, 1.82) is 0 Å². The van der Waals surface area contributed by atoms with E-state index in [-0.39, 0.29) is 0 Å². The summed E-state index contributed by atoms with van der Waals surface area (Å²) in [5.74, 6) is 0. The van der Waals surface area contributed by atoms with E-state index in [9.17, 15) is 5.21 Å². The van der Waals surface area contributed by atoms with E-state index < -0.39 is 0 Å². The van der Waals surface area contributed by atoms with E-state index in [1.165, 1.54) is 6.42 Å². The van der Waals surface area contributed by atoms with E-state index in [1.54, 1.807) is 0 Å². The average molecular weight is 129 g/mol. The van der Waals surface area contributed by atoms with Gasteiger partial charge in [0, 0.05) is 5.41 Å². The van der Waals surface area contributed by atoms with Gasteiger partial charge in [-0.25, -0.2) is 0 Å².